The summed E-state index contributed by atoms with van der Waals surface area (Å²) in [6.45, 7) is 1.98. The van der Waals surface area contributed by atoms with Gasteiger partial charge < -0.3 is 25.0 Å². The van der Waals surface area contributed by atoms with Crippen molar-refractivity contribution in [3.8, 4) is 11.5 Å². The summed E-state index contributed by atoms with van der Waals surface area (Å²) < 4.78 is 24.0. The zero-order valence-corrected chi connectivity index (χ0v) is 20.3. The fourth-order valence-electron chi connectivity index (χ4n) is 3.38. The summed E-state index contributed by atoms with van der Waals surface area (Å²) in [5.41, 5.74) is 0.744. The molecule has 0 unspecified atom stereocenters. The minimum absolute atomic E-state index is 0.212. The third-order valence-corrected chi connectivity index (χ3v) is 5.45. The number of aromatic nitrogens is 1. The number of carbonyl (C=O) groups excluding carboxylic acids is 3. The van der Waals surface area contributed by atoms with Crippen LogP contribution in [0.4, 0.5) is 26.4 Å². The number of pyridine rings is 1. The molecule has 1 aromatic heterocycles. The molecule has 2 heterocycles. The molecule has 12 heteroatoms. The zero-order valence-electron chi connectivity index (χ0n) is 19.5. The highest BCUT2D eigenvalue weighted by Crippen LogP contribution is 2.32. The van der Waals surface area contributed by atoms with Crippen molar-refractivity contribution in [2.45, 2.75) is 6.42 Å². The summed E-state index contributed by atoms with van der Waals surface area (Å²) >= 11 is 6.32. The number of nitrogens with one attached hydrogen (secondary N) is 3. The average molecular weight is 528 g/mol. The standard InChI is InChI=1S/C25H23ClFN5O5/c26-20-13-18(30-24(34)15-23(33)29-17-3-1-16(27)2-4-17)5-6-21(20)37-19-7-8-28-22(14-19)31-25(35)32-9-11-36-12-10-32/h1-8,13-14H,9-12,15H2,(H,29,33)(H,30,34)(H,28,31,35). The molecule has 37 heavy (non-hydrogen) atoms. The average Bonchev–Trinajstić information content (AvgIpc) is 2.88. The maximum Gasteiger partial charge on any atom is 0.323 e. The highest BCUT2D eigenvalue weighted by atomic mass is 35.5. The Balaban J connectivity index is 1.31. The number of benzene rings is 2. The van der Waals surface area contributed by atoms with Crippen LogP contribution in [0.25, 0.3) is 0 Å². The van der Waals surface area contributed by atoms with Crippen LogP contribution in [-0.4, -0.2) is 54.0 Å². The Labute approximate surface area is 216 Å². The molecule has 3 N–H and O–H groups in total. The third-order valence-electron chi connectivity index (χ3n) is 5.16. The lowest BCUT2D eigenvalue weighted by atomic mass is 10.2. The number of urea groups is 1. The largest absolute Gasteiger partial charge is 0.456 e. The lowest BCUT2D eigenvalue weighted by Crippen LogP contribution is -2.43. The predicted octanol–water partition coefficient (Wildman–Crippen LogP) is 4.50. The number of ether oxygens (including phenoxy) is 2. The summed E-state index contributed by atoms with van der Waals surface area (Å²) in [4.78, 5) is 42.4. The molecule has 0 atom stereocenters. The van der Waals surface area contributed by atoms with Gasteiger partial charge in [0, 0.05) is 36.7 Å². The number of halogens is 2. The van der Waals surface area contributed by atoms with Gasteiger partial charge in [-0.05, 0) is 48.5 Å². The van der Waals surface area contributed by atoms with Gasteiger partial charge in [-0.1, -0.05) is 11.6 Å². The van der Waals surface area contributed by atoms with Crippen molar-refractivity contribution in [3.63, 3.8) is 0 Å². The predicted molar refractivity (Wildman–Crippen MR) is 135 cm³/mol. The molecule has 1 fully saturated rings. The van der Waals surface area contributed by atoms with Crippen LogP contribution in [0, 0.1) is 5.82 Å². The number of carbonyl (C=O) groups is 3. The first-order chi connectivity index (χ1) is 17.9. The normalized spacial score (nSPS) is 13.0. The second-order valence-electron chi connectivity index (χ2n) is 7.93. The van der Waals surface area contributed by atoms with Gasteiger partial charge in [0.2, 0.25) is 11.8 Å². The monoisotopic (exact) mass is 527 g/mol. The topological polar surface area (TPSA) is 122 Å². The Kier molecular flexibility index (Phi) is 8.49. The molecule has 0 bridgehead atoms. The van der Waals surface area contributed by atoms with Gasteiger partial charge in [0.25, 0.3) is 0 Å². The summed E-state index contributed by atoms with van der Waals surface area (Å²) in [6.07, 6.45) is 1.05. The van der Waals surface area contributed by atoms with Gasteiger partial charge in [0.15, 0.2) is 0 Å². The fourth-order valence-corrected chi connectivity index (χ4v) is 3.59. The number of anilines is 3. The lowest BCUT2D eigenvalue weighted by molar-refractivity contribution is -0.123. The van der Waals surface area contributed by atoms with E-state index in [4.69, 9.17) is 21.1 Å². The van der Waals surface area contributed by atoms with Crippen LogP contribution < -0.4 is 20.7 Å². The van der Waals surface area contributed by atoms with E-state index < -0.39 is 24.1 Å². The summed E-state index contributed by atoms with van der Waals surface area (Å²) in [6, 6.07) is 12.7. The van der Waals surface area contributed by atoms with Crippen LogP contribution in [0.3, 0.4) is 0 Å². The maximum absolute atomic E-state index is 13.0. The van der Waals surface area contributed by atoms with Crippen LogP contribution in [0.5, 0.6) is 11.5 Å². The number of hydrogen-bond donors (Lipinski definition) is 3. The second-order valence-corrected chi connectivity index (χ2v) is 8.34. The van der Waals surface area contributed by atoms with E-state index in [0.29, 0.717) is 55.0 Å². The van der Waals surface area contributed by atoms with E-state index >= 15 is 0 Å². The van der Waals surface area contributed by atoms with E-state index in [1.807, 2.05) is 0 Å². The van der Waals surface area contributed by atoms with E-state index in [9.17, 15) is 18.8 Å². The van der Waals surface area contributed by atoms with Crippen molar-refractivity contribution in [2.24, 2.45) is 0 Å². The minimum Gasteiger partial charge on any atom is -0.456 e. The molecule has 1 aliphatic rings. The second kappa shape index (κ2) is 12.2. The van der Waals surface area contributed by atoms with Crippen LogP contribution >= 0.6 is 11.6 Å². The Morgan fingerprint density at radius 2 is 1.62 bits per heavy atom. The molecular formula is C25H23ClFN5O5. The van der Waals surface area contributed by atoms with E-state index in [-0.39, 0.29) is 11.1 Å². The minimum atomic E-state index is -0.556. The van der Waals surface area contributed by atoms with Crippen molar-refractivity contribution in [3.05, 3.63) is 71.6 Å². The molecule has 2 aromatic carbocycles. The van der Waals surface area contributed by atoms with Crippen LogP contribution in [0.15, 0.2) is 60.8 Å². The van der Waals surface area contributed by atoms with Gasteiger partial charge >= 0.3 is 6.03 Å². The number of hydrogen-bond acceptors (Lipinski definition) is 6. The van der Waals surface area contributed by atoms with Crippen molar-refractivity contribution in [1.29, 1.82) is 0 Å². The van der Waals surface area contributed by atoms with Crippen LogP contribution in [0.1, 0.15) is 6.42 Å². The fraction of sp³-hybridized carbons (Fsp3) is 0.200. The van der Waals surface area contributed by atoms with E-state index in [1.165, 1.54) is 36.5 Å². The number of rotatable bonds is 7. The van der Waals surface area contributed by atoms with Gasteiger partial charge in [-0.3, -0.25) is 14.9 Å². The number of morpholine rings is 1. The molecule has 4 rings (SSSR count). The molecular weight excluding hydrogens is 505 g/mol. The number of amides is 4. The van der Waals surface area contributed by atoms with Gasteiger partial charge in [-0.25, -0.2) is 14.2 Å². The summed E-state index contributed by atoms with van der Waals surface area (Å²) in [5, 5.41) is 8.05. The lowest BCUT2D eigenvalue weighted by Gasteiger charge is -2.26. The van der Waals surface area contributed by atoms with Crippen LogP contribution in [-0.2, 0) is 14.3 Å². The molecule has 1 aliphatic heterocycles. The molecule has 0 spiro atoms. The molecule has 0 saturated carbocycles. The molecule has 0 radical (unpaired) electrons. The van der Waals surface area contributed by atoms with Crippen molar-refractivity contribution in [2.75, 3.05) is 42.3 Å². The molecule has 192 valence electrons. The maximum atomic E-state index is 13.0. The third kappa shape index (κ3) is 7.63. The van der Waals surface area contributed by atoms with Crippen molar-refractivity contribution >= 4 is 46.6 Å². The van der Waals surface area contributed by atoms with Gasteiger partial charge in [-0.2, -0.15) is 0 Å². The Bertz CT molecular complexity index is 1280. The van der Waals surface area contributed by atoms with E-state index in [0.717, 1.165) is 0 Å². The van der Waals surface area contributed by atoms with Gasteiger partial charge in [0.05, 0.1) is 18.2 Å². The Morgan fingerprint density at radius 1 is 0.946 bits per heavy atom. The van der Waals surface area contributed by atoms with E-state index in [2.05, 4.69) is 20.9 Å². The van der Waals surface area contributed by atoms with Crippen molar-refractivity contribution in [1.82, 2.24) is 9.88 Å². The molecule has 4 amide bonds. The molecule has 10 nitrogen and oxygen atoms in total. The summed E-state index contributed by atoms with van der Waals surface area (Å²) in [5.74, 6) is -0.523. The highest BCUT2D eigenvalue weighted by Gasteiger charge is 2.17. The van der Waals surface area contributed by atoms with Crippen molar-refractivity contribution < 1.29 is 28.2 Å². The first-order valence-corrected chi connectivity index (χ1v) is 11.7. The smallest absolute Gasteiger partial charge is 0.323 e. The highest BCUT2D eigenvalue weighted by molar-refractivity contribution is 6.32. The quantitative estimate of drug-likeness (QED) is 0.389. The number of nitrogens with zero attached hydrogens (tertiary/aromatic N) is 2. The van der Waals surface area contributed by atoms with Crippen LogP contribution in [0.2, 0.25) is 5.02 Å². The van der Waals surface area contributed by atoms with Gasteiger partial charge in [-0.15, -0.1) is 0 Å². The molecule has 0 aliphatic carbocycles. The Morgan fingerprint density at radius 3 is 2.32 bits per heavy atom. The van der Waals surface area contributed by atoms with Gasteiger partial charge in [0.1, 0.15) is 29.6 Å². The summed E-state index contributed by atoms with van der Waals surface area (Å²) in [7, 11) is 0. The first-order valence-electron chi connectivity index (χ1n) is 11.3. The first kappa shape index (κ1) is 25.9. The zero-order chi connectivity index (χ0) is 26.2. The molecule has 3 aromatic rings. The SMILES string of the molecule is O=C(CC(=O)Nc1ccc(Oc2ccnc(NC(=O)N3CCOCC3)c2)c(Cl)c1)Nc1ccc(F)cc1. The molecule has 1 saturated heterocycles. The Hall–Kier alpha value is -4.22. The van der Waals surface area contributed by atoms with E-state index in [1.54, 1.807) is 29.2 Å².